The molecular formula is C34H56N2O7. The Labute approximate surface area is 258 Å². The Morgan fingerprint density at radius 1 is 1.00 bits per heavy atom. The molecule has 3 N–H and O–H groups in total. The minimum Gasteiger partial charge on any atom is -0.390 e. The van der Waals surface area contributed by atoms with Gasteiger partial charge in [-0.25, -0.2) is 0 Å². The molecular weight excluding hydrogens is 548 g/mol. The van der Waals surface area contributed by atoms with Crippen molar-refractivity contribution in [1.29, 1.82) is 0 Å². The van der Waals surface area contributed by atoms with E-state index in [1.54, 1.807) is 19.1 Å². The van der Waals surface area contributed by atoms with E-state index in [2.05, 4.69) is 17.2 Å². The normalized spacial score (nSPS) is 30.9. The third kappa shape index (κ3) is 11.7. The molecule has 0 unspecified atom stereocenters. The van der Waals surface area contributed by atoms with Crippen LogP contribution in [0.2, 0.25) is 0 Å². The zero-order valence-electron chi connectivity index (χ0n) is 26.7. The van der Waals surface area contributed by atoms with Crippen molar-refractivity contribution in [3.8, 4) is 0 Å². The number of amides is 2. The van der Waals surface area contributed by atoms with Crippen LogP contribution in [0.3, 0.4) is 0 Å². The fraction of sp³-hybridized carbons (Fsp3) is 0.794. The molecule has 3 aliphatic rings. The van der Waals surface area contributed by atoms with Crippen molar-refractivity contribution in [2.24, 2.45) is 11.8 Å². The van der Waals surface area contributed by atoms with E-state index in [0.29, 0.717) is 13.0 Å². The third-order valence-electron chi connectivity index (χ3n) is 9.24. The molecule has 3 saturated heterocycles. The highest BCUT2D eigenvalue weighted by molar-refractivity contribution is 5.89. The molecule has 244 valence electrons. The number of aliphatic hydroxyl groups is 1. The Bertz CT molecular complexity index is 936. The summed E-state index contributed by atoms with van der Waals surface area (Å²) in [5, 5.41) is 16.3. The Hall–Kier alpha value is -2.07. The van der Waals surface area contributed by atoms with Gasteiger partial charge in [-0.05, 0) is 83.1 Å². The lowest BCUT2D eigenvalue weighted by molar-refractivity contribution is -0.315. The fourth-order valence-electron chi connectivity index (χ4n) is 6.51. The SMILES string of the molecule is C=CCC[C@@H]1CCC[C@]2(CCC[C@H](CCCNC(=O)[C@@H](C)[C@@H](O)CNC(=O)C[C@@H]3O[C@@H](CC(=O)/C=C/C)CC[C@@H]3C)O2)O1. The van der Waals surface area contributed by atoms with Gasteiger partial charge in [0.2, 0.25) is 11.8 Å². The number of nitrogens with one attached hydrogen (secondary N) is 2. The van der Waals surface area contributed by atoms with Crippen molar-refractivity contribution >= 4 is 17.6 Å². The van der Waals surface area contributed by atoms with Gasteiger partial charge in [0, 0.05) is 32.4 Å². The van der Waals surface area contributed by atoms with Gasteiger partial charge in [-0.2, -0.15) is 0 Å². The number of ketones is 1. The van der Waals surface area contributed by atoms with Crippen LogP contribution in [0.1, 0.15) is 111 Å². The van der Waals surface area contributed by atoms with Crippen molar-refractivity contribution in [1.82, 2.24) is 10.6 Å². The molecule has 9 nitrogen and oxygen atoms in total. The van der Waals surface area contributed by atoms with Gasteiger partial charge in [-0.3, -0.25) is 14.4 Å². The highest BCUT2D eigenvalue weighted by Crippen LogP contribution is 2.41. The van der Waals surface area contributed by atoms with Crippen molar-refractivity contribution < 1.29 is 33.7 Å². The summed E-state index contributed by atoms with van der Waals surface area (Å²) in [6, 6.07) is 0. The van der Waals surface area contributed by atoms with Gasteiger partial charge >= 0.3 is 0 Å². The molecule has 8 atom stereocenters. The Morgan fingerprint density at radius 2 is 1.70 bits per heavy atom. The van der Waals surface area contributed by atoms with E-state index in [9.17, 15) is 19.5 Å². The van der Waals surface area contributed by atoms with Crippen LogP contribution in [0.4, 0.5) is 0 Å². The summed E-state index contributed by atoms with van der Waals surface area (Å²) in [7, 11) is 0. The van der Waals surface area contributed by atoms with E-state index in [0.717, 1.165) is 77.0 Å². The van der Waals surface area contributed by atoms with Crippen LogP contribution in [-0.4, -0.2) is 72.1 Å². The van der Waals surface area contributed by atoms with Crippen LogP contribution in [0.15, 0.2) is 24.8 Å². The second-order valence-electron chi connectivity index (χ2n) is 12.9. The van der Waals surface area contributed by atoms with Gasteiger partial charge in [-0.1, -0.05) is 26.0 Å². The topological polar surface area (TPSA) is 123 Å². The van der Waals surface area contributed by atoms with Crippen molar-refractivity contribution in [3.05, 3.63) is 24.8 Å². The smallest absolute Gasteiger partial charge is 0.225 e. The Kier molecular flexibility index (Phi) is 14.8. The number of carbonyl (C=O) groups excluding carboxylic acids is 3. The van der Waals surface area contributed by atoms with E-state index < -0.39 is 17.8 Å². The zero-order chi connectivity index (χ0) is 31.2. The molecule has 0 aromatic rings. The van der Waals surface area contributed by atoms with Crippen LogP contribution < -0.4 is 10.6 Å². The van der Waals surface area contributed by atoms with E-state index in [-0.39, 0.29) is 60.9 Å². The molecule has 9 heteroatoms. The Morgan fingerprint density at radius 3 is 2.37 bits per heavy atom. The Balaban J connectivity index is 1.32. The van der Waals surface area contributed by atoms with Crippen LogP contribution in [-0.2, 0) is 28.6 Å². The van der Waals surface area contributed by atoms with E-state index in [1.165, 1.54) is 0 Å². The molecule has 0 bridgehead atoms. The zero-order valence-corrected chi connectivity index (χ0v) is 26.7. The maximum atomic E-state index is 12.7. The summed E-state index contributed by atoms with van der Waals surface area (Å²) in [4.78, 5) is 37.2. The van der Waals surface area contributed by atoms with Gasteiger partial charge in [0.25, 0.3) is 0 Å². The first-order valence-electron chi connectivity index (χ1n) is 16.6. The fourth-order valence-corrected chi connectivity index (χ4v) is 6.51. The molecule has 0 radical (unpaired) electrons. The minimum atomic E-state index is -1.00. The number of carbonyl (C=O) groups is 3. The second-order valence-corrected chi connectivity index (χ2v) is 12.9. The van der Waals surface area contributed by atoms with Gasteiger partial charge in [0.15, 0.2) is 11.6 Å². The first kappa shape index (κ1) is 35.4. The van der Waals surface area contributed by atoms with Crippen LogP contribution in [0.5, 0.6) is 0 Å². The van der Waals surface area contributed by atoms with Crippen LogP contribution in [0.25, 0.3) is 0 Å². The number of hydrogen-bond acceptors (Lipinski definition) is 7. The van der Waals surface area contributed by atoms with Gasteiger partial charge in [0.1, 0.15) is 0 Å². The molecule has 0 aliphatic carbocycles. The molecule has 0 saturated carbocycles. The summed E-state index contributed by atoms with van der Waals surface area (Å²) < 4.78 is 19.0. The monoisotopic (exact) mass is 604 g/mol. The molecule has 3 rings (SSSR count). The third-order valence-corrected chi connectivity index (χ3v) is 9.24. The standard InChI is InChI=1S/C34H56N2O7/c1-5-7-12-27-13-8-18-34(42-27)19-9-14-28(43-34)15-10-20-35-33(40)25(4)30(38)23-36-32(39)22-31-24(3)16-17-29(41-31)21-26(37)11-6-2/h5-6,11,24-25,27-31,38H,1,7-10,12-23H2,2-4H3,(H,35,40)(H,36,39)/b11-6+/t24-,25-,27+,28+,29+,30-,31-,34-/m0/s1. The van der Waals surface area contributed by atoms with Gasteiger partial charge < -0.3 is 30.0 Å². The largest absolute Gasteiger partial charge is 0.390 e. The summed E-state index contributed by atoms with van der Waals surface area (Å²) in [6.07, 6.45) is 16.1. The predicted molar refractivity (Wildman–Crippen MR) is 166 cm³/mol. The predicted octanol–water partition coefficient (Wildman–Crippen LogP) is 4.91. The lowest BCUT2D eigenvalue weighted by atomic mass is 9.89. The first-order chi connectivity index (χ1) is 20.6. The number of ether oxygens (including phenoxy) is 3. The lowest BCUT2D eigenvalue weighted by Crippen LogP contribution is -2.48. The van der Waals surface area contributed by atoms with Crippen molar-refractivity contribution in [3.63, 3.8) is 0 Å². The number of aliphatic hydroxyl groups excluding tert-OH is 1. The minimum absolute atomic E-state index is 0.0104. The van der Waals surface area contributed by atoms with Crippen molar-refractivity contribution in [2.75, 3.05) is 13.1 Å². The molecule has 2 amide bonds. The average molecular weight is 605 g/mol. The lowest BCUT2D eigenvalue weighted by Gasteiger charge is -2.46. The number of allylic oxidation sites excluding steroid dienone is 3. The highest BCUT2D eigenvalue weighted by atomic mass is 16.7. The van der Waals surface area contributed by atoms with Gasteiger partial charge in [0.05, 0.1) is 42.9 Å². The molecule has 3 aliphatic heterocycles. The number of rotatable bonds is 16. The first-order valence-corrected chi connectivity index (χ1v) is 16.6. The second kappa shape index (κ2) is 18.0. The molecule has 1 spiro atoms. The molecule has 43 heavy (non-hydrogen) atoms. The highest BCUT2D eigenvalue weighted by Gasteiger charge is 2.42. The summed E-state index contributed by atoms with van der Waals surface area (Å²) >= 11 is 0. The molecule has 0 aromatic carbocycles. The van der Waals surface area contributed by atoms with E-state index in [1.807, 2.05) is 19.9 Å². The quantitative estimate of drug-likeness (QED) is 0.130. The summed E-state index contributed by atoms with van der Waals surface area (Å²) in [5.41, 5.74) is 0. The van der Waals surface area contributed by atoms with E-state index in [4.69, 9.17) is 14.2 Å². The van der Waals surface area contributed by atoms with Crippen LogP contribution in [0, 0.1) is 11.8 Å². The maximum absolute atomic E-state index is 12.7. The molecule has 3 fully saturated rings. The average Bonchev–Trinajstić information content (AvgIpc) is 2.98. The van der Waals surface area contributed by atoms with Gasteiger partial charge in [-0.15, -0.1) is 6.58 Å². The molecule has 3 heterocycles. The summed E-state index contributed by atoms with van der Waals surface area (Å²) in [6.45, 7) is 9.85. The maximum Gasteiger partial charge on any atom is 0.225 e. The summed E-state index contributed by atoms with van der Waals surface area (Å²) in [5.74, 6) is -1.35. The number of hydrogen-bond donors (Lipinski definition) is 3. The van der Waals surface area contributed by atoms with Crippen molar-refractivity contribution in [2.45, 2.75) is 147 Å². The van der Waals surface area contributed by atoms with E-state index >= 15 is 0 Å². The van der Waals surface area contributed by atoms with Crippen LogP contribution >= 0.6 is 0 Å². The molecule has 0 aromatic heterocycles.